The Kier molecular flexibility index (Phi) is 1.74. The van der Waals surface area contributed by atoms with Gasteiger partial charge in [-0.2, -0.15) is 0 Å². The smallest absolute Gasteiger partial charge is 0.0487 e. The van der Waals surface area contributed by atoms with Crippen molar-refractivity contribution in [3.05, 3.63) is 34.3 Å². The second kappa shape index (κ2) is 2.61. The van der Waals surface area contributed by atoms with Gasteiger partial charge in [-0.25, -0.2) is 0 Å². The second-order valence-corrected chi connectivity index (χ2v) is 3.81. The van der Waals surface area contributed by atoms with Crippen LogP contribution in [0.1, 0.15) is 18.5 Å². The molecule has 2 heteroatoms. The van der Waals surface area contributed by atoms with E-state index in [0.29, 0.717) is 12.1 Å². The molecule has 0 amide bonds. The molecule has 58 valence electrons. The van der Waals surface area contributed by atoms with Gasteiger partial charge >= 0.3 is 0 Å². The van der Waals surface area contributed by atoms with E-state index in [2.05, 4.69) is 46.4 Å². The van der Waals surface area contributed by atoms with Gasteiger partial charge in [-0.05, 0) is 18.6 Å². The molecule has 0 saturated carbocycles. The van der Waals surface area contributed by atoms with Crippen LogP contribution in [0.2, 0.25) is 0 Å². The molecule has 1 saturated heterocycles. The first-order valence-corrected chi connectivity index (χ1v) is 4.59. The van der Waals surface area contributed by atoms with Gasteiger partial charge in [-0.15, -0.1) is 0 Å². The number of rotatable bonds is 1. The fourth-order valence-corrected chi connectivity index (χ4v) is 1.85. The third kappa shape index (κ3) is 1.33. The molecular formula is C9H10BrN. The normalized spacial score (nSPS) is 28.5. The van der Waals surface area contributed by atoms with Crippen molar-refractivity contribution in [3.8, 4) is 0 Å². The summed E-state index contributed by atoms with van der Waals surface area (Å²) in [7, 11) is 0. The number of benzene rings is 1. The average Bonchev–Trinajstić information content (AvgIpc) is 2.68. The van der Waals surface area contributed by atoms with Gasteiger partial charge in [0.05, 0.1) is 0 Å². The molecule has 2 rings (SSSR count). The van der Waals surface area contributed by atoms with E-state index < -0.39 is 0 Å². The Bertz CT molecular complexity index is 272. The zero-order valence-electron chi connectivity index (χ0n) is 6.34. The molecule has 1 N–H and O–H groups in total. The Morgan fingerprint density at radius 2 is 2.00 bits per heavy atom. The minimum atomic E-state index is 0.575. The molecule has 0 aromatic heterocycles. The highest BCUT2D eigenvalue weighted by atomic mass is 79.9. The lowest BCUT2D eigenvalue weighted by molar-refractivity contribution is 1.03. The molecular weight excluding hydrogens is 202 g/mol. The van der Waals surface area contributed by atoms with E-state index in [1.54, 1.807) is 0 Å². The third-order valence-electron chi connectivity index (χ3n) is 2.07. The van der Waals surface area contributed by atoms with Crippen molar-refractivity contribution in [2.75, 3.05) is 0 Å². The summed E-state index contributed by atoms with van der Waals surface area (Å²) < 4.78 is 1.21. The van der Waals surface area contributed by atoms with Crippen molar-refractivity contribution in [2.45, 2.75) is 19.0 Å². The Hall–Kier alpha value is -0.340. The molecule has 0 spiro atoms. The summed E-state index contributed by atoms with van der Waals surface area (Å²) in [6.45, 7) is 2.20. The number of hydrogen-bond acceptors (Lipinski definition) is 1. The van der Waals surface area contributed by atoms with E-state index in [1.165, 1.54) is 10.0 Å². The van der Waals surface area contributed by atoms with Crippen LogP contribution in [0.5, 0.6) is 0 Å². The molecule has 1 nitrogen and oxygen atoms in total. The summed E-state index contributed by atoms with van der Waals surface area (Å²) in [5.74, 6) is 0. The molecule has 2 unspecified atom stereocenters. The predicted molar refractivity (Wildman–Crippen MR) is 49.5 cm³/mol. The molecule has 1 heterocycles. The first-order valence-electron chi connectivity index (χ1n) is 3.79. The topological polar surface area (TPSA) is 21.9 Å². The van der Waals surface area contributed by atoms with Crippen molar-refractivity contribution >= 4 is 15.9 Å². The Balaban J connectivity index is 2.31. The lowest BCUT2D eigenvalue weighted by Crippen LogP contribution is -1.84. The number of nitrogens with one attached hydrogen (secondary N) is 1. The van der Waals surface area contributed by atoms with Crippen molar-refractivity contribution in [1.29, 1.82) is 0 Å². The van der Waals surface area contributed by atoms with Crippen molar-refractivity contribution < 1.29 is 0 Å². The van der Waals surface area contributed by atoms with E-state index in [1.807, 2.05) is 6.07 Å². The monoisotopic (exact) mass is 211 g/mol. The number of hydrogen-bond donors (Lipinski definition) is 1. The maximum absolute atomic E-state index is 3.52. The van der Waals surface area contributed by atoms with Crippen molar-refractivity contribution in [3.63, 3.8) is 0 Å². The fraction of sp³-hybridized carbons (Fsp3) is 0.333. The zero-order valence-corrected chi connectivity index (χ0v) is 7.93. The highest BCUT2D eigenvalue weighted by Gasteiger charge is 2.33. The summed E-state index contributed by atoms with van der Waals surface area (Å²) in [5.41, 5.74) is 1.38. The van der Waals surface area contributed by atoms with E-state index in [4.69, 9.17) is 0 Å². The molecule has 11 heavy (non-hydrogen) atoms. The molecule has 0 radical (unpaired) electrons. The summed E-state index contributed by atoms with van der Waals surface area (Å²) in [5, 5.41) is 3.36. The third-order valence-corrected chi connectivity index (χ3v) is 2.80. The van der Waals surface area contributed by atoms with Gasteiger partial charge in [-0.1, -0.05) is 34.1 Å². The molecule has 1 aliphatic rings. The highest BCUT2D eigenvalue weighted by molar-refractivity contribution is 9.10. The van der Waals surface area contributed by atoms with Gasteiger partial charge in [0, 0.05) is 16.6 Å². The zero-order chi connectivity index (χ0) is 7.84. The SMILES string of the molecule is CC1NC1c1ccccc1Br. The Morgan fingerprint density at radius 3 is 2.55 bits per heavy atom. The molecule has 0 bridgehead atoms. The van der Waals surface area contributed by atoms with Gasteiger partial charge in [-0.3, -0.25) is 0 Å². The van der Waals surface area contributed by atoms with Crippen LogP contribution in [0.3, 0.4) is 0 Å². The lowest BCUT2D eigenvalue weighted by atomic mass is 10.1. The van der Waals surface area contributed by atoms with Crippen LogP contribution in [0, 0.1) is 0 Å². The van der Waals surface area contributed by atoms with Crippen LogP contribution in [-0.2, 0) is 0 Å². The summed E-state index contributed by atoms with van der Waals surface area (Å²) in [4.78, 5) is 0. The van der Waals surface area contributed by atoms with Crippen molar-refractivity contribution in [2.24, 2.45) is 0 Å². The van der Waals surface area contributed by atoms with Gasteiger partial charge in [0.2, 0.25) is 0 Å². The molecule has 1 aliphatic heterocycles. The molecule has 1 fully saturated rings. The van der Waals surface area contributed by atoms with Crippen molar-refractivity contribution in [1.82, 2.24) is 5.32 Å². The Labute approximate surface area is 74.9 Å². The molecule has 1 aromatic rings. The van der Waals surface area contributed by atoms with Crippen LogP contribution in [-0.4, -0.2) is 6.04 Å². The van der Waals surface area contributed by atoms with Gasteiger partial charge in [0.15, 0.2) is 0 Å². The van der Waals surface area contributed by atoms with Gasteiger partial charge in [0.25, 0.3) is 0 Å². The lowest BCUT2D eigenvalue weighted by Gasteiger charge is -1.98. The van der Waals surface area contributed by atoms with E-state index in [0.717, 1.165) is 0 Å². The minimum absolute atomic E-state index is 0.575. The maximum Gasteiger partial charge on any atom is 0.0487 e. The van der Waals surface area contributed by atoms with Crippen LogP contribution in [0.15, 0.2) is 28.7 Å². The van der Waals surface area contributed by atoms with Gasteiger partial charge < -0.3 is 5.32 Å². The number of halogens is 1. The fourth-order valence-electron chi connectivity index (χ4n) is 1.31. The largest absolute Gasteiger partial charge is 0.304 e. The predicted octanol–water partition coefficient (Wildman–Crippen LogP) is 2.48. The Morgan fingerprint density at radius 1 is 1.36 bits per heavy atom. The molecule has 0 aliphatic carbocycles. The van der Waals surface area contributed by atoms with Crippen LogP contribution in [0.4, 0.5) is 0 Å². The van der Waals surface area contributed by atoms with Crippen LogP contribution in [0.25, 0.3) is 0 Å². The van der Waals surface area contributed by atoms with E-state index >= 15 is 0 Å². The quantitative estimate of drug-likeness (QED) is 0.709. The standard InChI is InChI=1S/C9H10BrN/c1-6-9(11-6)7-4-2-3-5-8(7)10/h2-6,9,11H,1H3. The van der Waals surface area contributed by atoms with E-state index in [9.17, 15) is 0 Å². The molecule has 1 aromatic carbocycles. The van der Waals surface area contributed by atoms with Crippen LogP contribution >= 0.6 is 15.9 Å². The summed E-state index contributed by atoms with van der Waals surface area (Å²) in [6, 6.07) is 9.58. The van der Waals surface area contributed by atoms with Gasteiger partial charge in [0.1, 0.15) is 0 Å². The highest BCUT2D eigenvalue weighted by Crippen LogP contribution is 2.33. The maximum atomic E-state index is 3.52. The summed E-state index contributed by atoms with van der Waals surface area (Å²) >= 11 is 3.52. The summed E-state index contributed by atoms with van der Waals surface area (Å²) in [6.07, 6.45) is 0. The minimum Gasteiger partial charge on any atom is -0.304 e. The average molecular weight is 212 g/mol. The second-order valence-electron chi connectivity index (χ2n) is 2.95. The van der Waals surface area contributed by atoms with E-state index in [-0.39, 0.29) is 0 Å². The molecule has 2 atom stereocenters. The first kappa shape index (κ1) is 7.32. The van der Waals surface area contributed by atoms with Crippen LogP contribution < -0.4 is 5.32 Å². The first-order chi connectivity index (χ1) is 5.29.